The molecule has 4 aromatic rings. The second-order valence-electron chi connectivity index (χ2n) is 7.93. The van der Waals surface area contributed by atoms with Crippen LogP contribution < -0.4 is 10.6 Å². The van der Waals surface area contributed by atoms with Gasteiger partial charge in [-0.15, -0.1) is 0 Å². The molecule has 4 rings (SSSR count). The zero-order valence-electron chi connectivity index (χ0n) is 19.6. The van der Waals surface area contributed by atoms with E-state index in [0.717, 1.165) is 16.8 Å². The lowest BCUT2D eigenvalue weighted by Gasteiger charge is -2.11. The summed E-state index contributed by atoms with van der Waals surface area (Å²) in [6, 6.07) is 21.5. The molecule has 174 valence electrons. The van der Waals surface area contributed by atoms with Crippen molar-refractivity contribution in [2.75, 3.05) is 25.0 Å². The molecule has 0 aliphatic rings. The standard InChI is InChI=1S/C27H28N4O3/c1-4-34-27(33)25-18(2)30-31(19(25)3)22-14-12-21(13-15-22)26(32)29-17-16-28-24-11-7-9-20-8-5-6-10-23(20)24/h5-15,28H,4,16-17H2,1-3H3,(H,29,32). The van der Waals surface area contributed by atoms with E-state index in [2.05, 4.69) is 33.9 Å². The number of rotatable bonds is 8. The van der Waals surface area contributed by atoms with Crippen LogP contribution in [0.1, 0.15) is 39.0 Å². The van der Waals surface area contributed by atoms with Gasteiger partial charge in [0.15, 0.2) is 0 Å². The minimum Gasteiger partial charge on any atom is -0.462 e. The molecule has 7 heteroatoms. The van der Waals surface area contributed by atoms with Gasteiger partial charge < -0.3 is 15.4 Å². The number of ether oxygens (including phenoxy) is 1. The summed E-state index contributed by atoms with van der Waals surface area (Å²) in [6.07, 6.45) is 0. The van der Waals surface area contributed by atoms with Crippen molar-refractivity contribution < 1.29 is 14.3 Å². The monoisotopic (exact) mass is 456 g/mol. The molecule has 0 bridgehead atoms. The van der Waals surface area contributed by atoms with Crippen LogP contribution in [-0.4, -0.2) is 41.4 Å². The van der Waals surface area contributed by atoms with Gasteiger partial charge in [0.2, 0.25) is 0 Å². The highest BCUT2D eigenvalue weighted by atomic mass is 16.5. The quantitative estimate of drug-likeness (QED) is 0.298. The number of carbonyl (C=O) groups is 2. The van der Waals surface area contributed by atoms with Gasteiger partial charge in [0.25, 0.3) is 5.91 Å². The number of anilines is 1. The predicted octanol–water partition coefficient (Wildman–Crippen LogP) is 4.66. The van der Waals surface area contributed by atoms with Crippen LogP contribution in [0.5, 0.6) is 0 Å². The number of hydrogen-bond donors (Lipinski definition) is 2. The van der Waals surface area contributed by atoms with E-state index in [1.54, 1.807) is 30.7 Å². The smallest absolute Gasteiger partial charge is 0.341 e. The molecule has 1 heterocycles. The van der Waals surface area contributed by atoms with Gasteiger partial charge in [-0.25, -0.2) is 9.48 Å². The predicted molar refractivity (Wildman–Crippen MR) is 134 cm³/mol. The van der Waals surface area contributed by atoms with Crippen molar-refractivity contribution in [2.24, 2.45) is 0 Å². The fourth-order valence-electron chi connectivity index (χ4n) is 4.00. The molecule has 0 spiro atoms. The second-order valence-corrected chi connectivity index (χ2v) is 7.93. The van der Waals surface area contributed by atoms with E-state index >= 15 is 0 Å². The maximum Gasteiger partial charge on any atom is 0.341 e. The van der Waals surface area contributed by atoms with Crippen LogP contribution in [0.25, 0.3) is 16.5 Å². The SMILES string of the molecule is CCOC(=O)c1c(C)nn(-c2ccc(C(=O)NCCNc3cccc4ccccc34)cc2)c1C. The van der Waals surface area contributed by atoms with Crippen molar-refractivity contribution >= 4 is 28.3 Å². The average Bonchev–Trinajstić information content (AvgIpc) is 3.15. The number of nitrogens with one attached hydrogen (secondary N) is 2. The Bertz CT molecular complexity index is 1320. The first-order chi connectivity index (χ1) is 16.5. The van der Waals surface area contributed by atoms with Crippen LogP contribution in [0.2, 0.25) is 0 Å². The van der Waals surface area contributed by atoms with Crippen LogP contribution >= 0.6 is 0 Å². The number of nitrogens with zero attached hydrogens (tertiary/aromatic N) is 2. The number of esters is 1. The van der Waals surface area contributed by atoms with Gasteiger partial charge >= 0.3 is 5.97 Å². The molecule has 0 unspecified atom stereocenters. The zero-order valence-corrected chi connectivity index (χ0v) is 19.6. The number of aromatic nitrogens is 2. The molecule has 0 saturated heterocycles. The van der Waals surface area contributed by atoms with E-state index in [4.69, 9.17) is 4.74 Å². The highest BCUT2D eigenvalue weighted by Crippen LogP contribution is 2.22. The Morgan fingerprint density at radius 2 is 1.68 bits per heavy atom. The normalized spacial score (nSPS) is 10.8. The maximum absolute atomic E-state index is 12.6. The number of aryl methyl sites for hydroxylation is 1. The summed E-state index contributed by atoms with van der Waals surface area (Å²) in [5.41, 5.74) is 4.15. The Morgan fingerprint density at radius 3 is 2.44 bits per heavy atom. The van der Waals surface area contributed by atoms with Gasteiger partial charge in [-0.1, -0.05) is 36.4 Å². The van der Waals surface area contributed by atoms with Crippen molar-refractivity contribution in [3.05, 3.63) is 89.2 Å². The van der Waals surface area contributed by atoms with Crippen LogP contribution in [0, 0.1) is 13.8 Å². The van der Waals surface area contributed by atoms with Gasteiger partial charge in [-0.3, -0.25) is 4.79 Å². The molecule has 0 atom stereocenters. The van der Waals surface area contributed by atoms with E-state index in [0.29, 0.717) is 42.2 Å². The van der Waals surface area contributed by atoms with E-state index in [1.165, 1.54) is 5.39 Å². The molecule has 0 saturated carbocycles. The molecule has 34 heavy (non-hydrogen) atoms. The Kier molecular flexibility index (Phi) is 6.92. The molecule has 0 radical (unpaired) electrons. The van der Waals surface area contributed by atoms with E-state index in [9.17, 15) is 9.59 Å². The fourth-order valence-corrected chi connectivity index (χ4v) is 4.00. The number of amides is 1. The first kappa shape index (κ1) is 23.0. The maximum atomic E-state index is 12.6. The lowest BCUT2D eigenvalue weighted by atomic mass is 10.1. The minimum atomic E-state index is -0.378. The number of benzene rings is 3. The van der Waals surface area contributed by atoms with E-state index < -0.39 is 0 Å². The van der Waals surface area contributed by atoms with Crippen molar-refractivity contribution in [3.63, 3.8) is 0 Å². The van der Waals surface area contributed by atoms with Gasteiger partial charge in [0, 0.05) is 29.7 Å². The summed E-state index contributed by atoms with van der Waals surface area (Å²) in [4.78, 5) is 24.8. The first-order valence-electron chi connectivity index (χ1n) is 11.3. The lowest BCUT2D eigenvalue weighted by Crippen LogP contribution is -2.28. The molecule has 3 aromatic carbocycles. The van der Waals surface area contributed by atoms with Gasteiger partial charge in [0.1, 0.15) is 5.56 Å². The zero-order chi connectivity index (χ0) is 24.1. The van der Waals surface area contributed by atoms with Crippen LogP contribution in [0.4, 0.5) is 5.69 Å². The Morgan fingerprint density at radius 1 is 0.941 bits per heavy atom. The number of hydrogen-bond acceptors (Lipinski definition) is 5. The van der Waals surface area contributed by atoms with Crippen molar-refractivity contribution in [2.45, 2.75) is 20.8 Å². The summed E-state index contributed by atoms with van der Waals surface area (Å²) in [6.45, 7) is 6.80. The Balaban J connectivity index is 1.36. The molecule has 2 N–H and O–H groups in total. The van der Waals surface area contributed by atoms with Gasteiger partial charge in [0.05, 0.1) is 23.7 Å². The third-order valence-corrected chi connectivity index (χ3v) is 5.66. The molecule has 0 aliphatic heterocycles. The molecule has 0 aliphatic carbocycles. The highest BCUT2D eigenvalue weighted by Gasteiger charge is 2.20. The minimum absolute atomic E-state index is 0.146. The van der Waals surface area contributed by atoms with Gasteiger partial charge in [-0.05, 0) is 56.5 Å². The third-order valence-electron chi connectivity index (χ3n) is 5.66. The summed E-state index contributed by atoms with van der Waals surface area (Å²) < 4.78 is 6.83. The molecule has 0 fully saturated rings. The topological polar surface area (TPSA) is 85.2 Å². The Labute approximate surface area is 198 Å². The van der Waals surface area contributed by atoms with Gasteiger partial charge in [-0.2, -0.15) is 5.10 Å². The molecular formula is C27H28N4O3. The third kappa shape index (κ3) is 4.78. The number of carbonyl (C=O) groups excluding carboxylic acids is 2. The summed E-state index contributed by atoms with van der Waals surface area (Å²) in [5.74, 6) is -0.524. The molecule has 1 amide bonds. The van der Waals surface area contributed by atoms with Crippen molar-refractivity contribution in [1.82, 2.24) is 15.1 Å². The molecule has 1 aromatic heterocycles. The van der Waals surface area contributed by atoms with E-state index in [1.807, 2.05) is 43.3 Å². The second kappa shape index (κ2) is 10.2. The summed E-state index contributed by atoms with van der Waals surface area (Å²) in [5, 5.41) is 13.1. The van der Waals surface area contributed by atoms with Crippen LogP contribution in [-0.2, 0) is 4.74 Å². The molecular weight excluding hydrogens is 428 g/mol. The lowest BCUT2D eigenvalue weighted by molar-refractivity contribution is 0.0524. The van der Waals surface area contributed by atoms with Crippen molar-refractivity contribution in [1.29, 1.82) is 0 Å². The number of fused-ring (bicyclic) bond motifs is 1. The molecule has 7 nitrogen and oxygen atoms in total. The van der Waals surface area contributed by atoms with Crippen LogP contribution in [0.3, 0.4) is 0 Å². The highest BCUT2D eigenvalue weighted by molar-refractivity contribution is 5.95. The average molecular weight is 457 g/mol. The fraction of sp³-hybridized carbons (Fsp3) is 0.222. The largest absolute Gasteiger partial charge is 0.462 e. The van der Waals surface area contributed by atoms with Crippen molar-refractivity contribution in [3.8, 4) is 5.69 Å². The van der Waals surface area contributed by atoms with Crippen LogP contribution in [0.15, 0.2) is 66.7 Å². The first-order valence-corrected chi connectivity index (χ1v) is 11.3. The van der Waals surface area contributed by atoms with E-state index in [-0.39, 0.29) is 11.9 Å². The summed E-state index contributed by atoms with van der Waals surface area (Å²) in [7, 11) is 0. The Hall–Kier alpha value is -4.13. The summed E-state index contributed by atoms with van der Waals surface area (Å²) >= 11 is 0.